The summed E-state index contributed by atoms with van der Waals surface area (Å²) in [7, 11) is 0. The van der Waals surface area contributed by atoms with Gasteiger partial charge in [0.15, 0.2) is 0 Å². The summed E-state index contributed by atoms with van der Waals surface area (Å²) in [4.78, 5) is 24.6. The van der Waals surface area contributed by atoms with Crippen molar-refractivity contribution in [3.8, 4) is 0 Å². The highest BCUT2D eigenvalue weighted by atomic mass is 16.4. The molecule has 2 amide bonds. The number of nitrogens with zero attached hydrogens (tertiary/aromatic N) is 1. The Labute approximate surface area is 113 Å². The summed E-state index contributed by atoms with van der Waals surface area (Å²) in [5.74, 6) is -0.942. The molecule has 3 N–H and O–H groups in total. The number of likely N-dealkylation sites (tertiary alicyclic amines) is 1. The van der Waals surface area contributed by atoms with Crippen LogP contribution in [0.4, 0.5) is 4.79 Å². The molecule has 1 fully saturated rings. The predicted molar refractivity (Wildman–Crippen MR) is 70.8 cm³/mol. The third-order valence-electron chi connectivity index (χ3n) is 3.72. The zero-order chi connectivity index (χ0) is 14.6. The number of aliphatic hydroxyl groups excluding tert-OH is 1. The molecule has 19 heavy (non-hydrogen) atoms. The van der Waals surface area contributed by atoms with Gasteiger partial charge >= 0.3 is 12.0 Å². The van der Waals surface area contributed by atoms with Crippen molar-refractivity contribution >= 4 is 12.0 Å². The lowest BCUT2D eigenvalue weighted by Crippen LogP contribution is -2.52. The maximum absolute atomic E-state index is 12.0. The van der Waals surface area contributed by atoms with E-state index in [9.17, 15) is 14.7 Å². The summed E-state index contributed by atoms with van der Waals surface area (Å²) in [6, 6.07) is -1.19. The van der Waals surface area contributed by atoms with Crippen LogP contribution in [0, 0.1) is 11.8 Å². The Morgan fingerprint density at radius 1 is 1.21 bits per heavy atom. The maximum atomic E-state index is 12.0. The number of amides is 2. The summed E-state index contributed by atoms with van der Waals surface area (Å²) in [5.41, 5.74) is 0. The monoisotopic (exact) mass is 272 g/mol. The Balaban J connectivity index is 2.49. The first-order valence-corrected chi connectivity index (χ1v) is 6.79. The molecule has 1 aliphatic rings. The second-order valence-corrected chi connectivity index (χ2v) is 5.57. The van der Waals surface area contributed by atoms with Crippen LogP contribution >= 0.6 is 0 Å². The van der Waals surface area contributed by atoms with E-state index < -0.39 is 12.0 Å². The third-order valence-corrected chi connectivity index (χ3v) is 3.72. The minimum absolute atomic E-state index is 0.156. The zero-order valence-electron chi connectivity index (χ0n) is 11.8. The fraction of sp³-hybridized carbons (Fsp3) is 0.846. The van der Waals surface area contributed by atoms with Gasteiger partial charge in [-0.05, 0) is 31.6 Å². The van der Waals surface area contributed by atoms with Gasteiger partial charge < -0.3 is 20.4 Å². The molecule has 0 aromatic rings. The van der Waals surface area contributed by atoms with Gasteiger partial charge in [-0.1, -0.05) is 13.8 Å². The molecule has 1 unspecified atom stereocenters. The molecule has 0 aromatic carbocycles. The standard InChI is InChI=1S/C13H24N2O4/c1-8(2)11(12(17)18)14-13(19)15-6-4-10(5-7-15)9(3)16/h8-11,16H,4-7H2,1-3H3,(H,14,19)(H,17,18)/t9?,11-/m1/s1. The molecule has 0 aliphatic carbocycles. The number of carboxylic acid groups (broad SMARTS) is 1. The molecule has 0 aromatic heterocycles. The van der Waals surface area contributed by atoms with E-state index in [0.29, 0.717) is 13.1 Å². The van der Waals surface area contributed by atoms with Gasteiger partial charge in [0.25, 0.3) is 0 Å². The minimum atomic E-state index is -1.01. The molecule has 1 aliphatic heterocycles. The SMILES string of the molecule is CC(O)C1CCN(C(=O)N[C@@H](C(=O)O)C(C)C)CC1. The predicted octanol–water partition coefficient (Wildman–Crippen LogP) is 0.898. The highest BCUT2D eigenvalue weighted by Gasteiger charge is 2.29. The normalized spacial score (nSPS) is 20.2. The highest BCUT2D eigenvalue weighted by molar-refractivity contribution is 5.82. The van der Waals surface area contributed by atoms with Crippen LogP contribution in [0.3, 0.4) is 0 Å². The van der Waals surface area contributed by atoms with Crippen molar-refractivity contribution in [2.45, 2.75) is 45.8 Å². The van der Waals surface area contributed by atoms with E-state index in [1.54, 1.807) is 25.7 Å². The Morgan fingerprint density at radius 2 is 1.74 bits per heavy atom. The molecule has 1 saturated heterocycles. The number of urea groups is 1. The number of nitrogens with one attached hydrogen (secondary N) is 1. The topological polar surface area (TPSA) is 89.9 Å². The van der Waals surface area contributed by atoms with Crippen molar-refractivity contribution in [1.29, 1.82) is 0 Å². The average molecular weight is 272 g/mol. The summed E-state index contributed by atoms with van der Waals surface area (Å²) in [6.07, 6.45) is 1.15. The van der Waals surface area contributed by atoms with Crippen LogP contribution in [0.2, 0.25) is 0 Å². The lowest BCUT2D eigenvalue weighted by atomic mass is 9.92. The quantitative estimate of drug-likeness (QED) is 0.709. The number of aliphatic hydroxyl groups is 1. The molecule has 0 bridgehead atoms. The Bertz CT molecular complexity index is 323. The van der Waals surface area contributed by atoms with Gasteiger partial charge in [0.2, 0.25) is 0 Å². The van der Waals surface area contributed by atoms with Crippen LogP contribution < -0.4 is 5.32 Å². The third kappa shape index (κ3) is 4.38. The summed E-state index contributed by atoms with van der Waals surface area (Å²) >= 11 is 0. The van der Waals surface area contributed by atoms with Gasteiger partial charge in [0, 0.05) is 13.1 Å². The number of carbonyl (C=O) groups excluding carboxylic acids is 1. The largest absolute Gasteiger partial charge is 0.480 e. The fourth-order valence-electron chi connectivity index (χ4n) is 2.32. The number of piperidine rings is 1. The number of carbonyl (C=O) groups is 2. The molecule has 1 rings (SSSR count). The van der Waals surface area contributed by atoms with Crippen molar-refractivity contribution in [3.63, 3.8) is 0 Å². The van der Waals surface area contributed by atoms with Crippen LogP contribution in [0.25, 0.3) is 0 Å². The van der Waals surface area contributed by atoms with E-state index >= 15 is 0 Å². The van der Waals surface area contributed by atoms with Gasteiger partial charge in [-0.2, -0.15) is 0 Å². The lowest BCUT2D eigenvalue weighted by Gasteiger charge is -2.34. The van der Waals surface area contributed by atoms with Gasteiger partial charge in [-0.25, -0.2) is 9.59 Å². The van der Waals surface area contributed by atoms with Crippen LogP contribution in [0.1, 0.15) is 33.6 Å². The molecule has 0 saturated carbocycles. The molecule has 6 nitrogen and oxygen atoms in total. The first-order valence-electron chi connectivity index (χ1n) is 6.79. The zero-order valence-corrected chi connectivity index (χ0v) is 11.8. The number of rotatable bonds is 4. The van der Waals surface area contributed by atoms with Gasteiger partial charge in [0.1, 0.15) is 6.04 Å². The van der Waals surface area contributed by atoms with Gasteiger partial charge in [-0.15, -0.1) is 0 Å². The molecule has 1 heterocycles. The molecular formula is C13H24N2O4. The number of aliphatic carboxylic acids is 1. The van der Waals surface area contributed by atoms with Crippen molar-refractivity contribution < 1.29 is 19.8 Å². The van der Waals surface area contributed by atoms with Crippen molar-refractivity contribution in [1.82, 2.24) is 10.2 Å². The molecule has 110 valence electrons. The summed E-state index contributed by atoms with van der Waals surface area (Å²) in [6.45, 7) is 6.41. The lowest BCUT2D eigenvalue weighted by molar-refractivity contribution is -0.140. The Morgan fingerprint density at radius 3 is 2.11 bits per heavy atom. The summed E-state index contributed by atoms with van der Waals surface area (Å²) < 4.78 is 0. The van der Waals surface area contributed by atoms with E-state index in [1.165, 1.54) is 0 Å². The van der Waals surface area contributed by atoms with Crippen LogP contribution in [0.5, 0.6) is 0 Å². The molecule has 2 atom stereocenters. The van der Waals surface area contributed by atoms with Crippen molar-refractivity contribution in [2.24, 2.45) is 11.8 Å². The number of carboxylic acids is 1. The van der Waals surface area contributed by atoms with E-state index in [1.807, 2.05) is 0 Å². The molecule has 0 spiro atoms. The second kappa shape index (κ2) is 6.75. The fourth-order valence-corrected chi connectivity index (χ4v) is 2.32. The molecular weight excluding hydrogens is 248 g/mol. The van der Waals surface area contributed by atoms with E-state index in [4.69, 9.17) is 5.11 Å². The first-order chi connectivity index (χ1) is 8.82. The van der Waals surface area contributed by atoms with Crippen LogP contribution in [-0.2, 0) is 4.79 Å². The van der Waals surface area contributed by atoms with E-state index in [-0.39, 0.29) is 24.0 Å². The van der Waals surface area contributed by atoms with E-state index in [0.717, 1.165) is 12.8 Å². The Hall–Kier alpha value is -1.30. The molecule has 0 radical (unpaired) electrons. The van der Waals surface area contributed by atoms with Crippen LogP contribution in [0.15, 0.2) is 0 Å². The molecule has 6 heteroatoms. The smallest absolute Gasteiger partial charge is 0.326 e. The minimum Gasteiger partial charge on any atom is -0.480 e. The maximum Gasteiger partial charge on any atom is 0.326 e. The summed E-state index contributed by atoms with van der Waals surface area (Å²) in [5, 5.41) is 21.1. The average Bonchev–Trinajstić information content (AvgIpc) is 2.34. The highest BCUT2D eigenvalue weighted by Crippen LogP contribution is 2.20. The van der Waals surface area contributed by atoms with Gasteiger partial charge in [-0.3, -0.25) is 0 Å². The van der Waals surface area contributed by atoms with Crippen molar-refractivity contribution in [2.75, 3.05) is 13.1 Å². The second-order valence-electron chi connectivity index (χ2n) is 5.57. The number of hydrogen-bond acceptors (Lipinski definition) is 3. The van der Waals surface area contributed by atoms with Gasteiger partial charge in [0.05, 0.1) is 6.10 Å². The number of hydrogen-bond donors (Lipinski definition) is 3. The van der Waals surface area contributed by atoms with E-state index in [2.05, 4.69) is 5.32 Å². The Kier molecular flexibility index (Phi) is 5.60. The van der Waals surface area contributed by atoms with Crippen LogP contribution in [-0.4, -0.2) is 52.3 Å². The first kappa shape index (κ1) is 15.8. The van der Waals surface area contributed by atoms with Crippen molar-refractivity contribution in [3.05, 3.63) is 0 Å².